The molecule has 0 radical (unpaired) electrons. The van der Waals surface area contributed by atoms with Gasteiger partial charge in [-0.3, -0.25) is 0 Å². The Bertz CT molecular complexity index is 271. The molecule has 0 aliphatic heterocycles. The molecule has 0 amide bonds. The van der Waals surface area contributed by atoms with Crippen LogP contribution < -0.4 is 0 Å². The van der Waals surface area contributed by atoms with Crippen molar-refractivity contribution in [3.63, 3.8) is 0 Å². The van der Waals surface area contributed by atoms with Crippen LogP contribution in [0.15, 0.2) is 0 Å². The molecule has 0 aromatic heterocycles. The Kier molecular flexibility index (Phi) is 9.54. The minimum absolute atomic E-state index is 0.311. The minimum Gasteiger partial charge on any atom is -0.456 e. The molecule has 0 rings (SSSR count). The summed E-state index contributed by atoms with van der Waals surface area (Å²) in [4.78, 5) is 0. The van der Waals surface area contributed by atoms with Crippen LogP contribution in [0.3, 0.4) is 0 Å². The lowest BCUT2D eigenvalue weighted by Gasteiger charge is -2.33. The van der Waals surface area contributed by atoms with Crippen molar-refractivity contribution in [3.05, 3.63) is 0 Å². The quantitative estimate of drug-likeness (QED) is 0.400. The highest BCUT2D eigenvalue weighted by molar-refractivity contribution is 6.84. The van der Waals surface area contributed by atoms with Crippen molar-refractivity contribution in [1.29, 1.82) is 0 Å². The molecule has 21 heavy (non-hydrogen) atoms. The first-order valence-electron chi connectivity index (χ1n) is 7.92. The smallest absolute Gasteiger partial charge is 0.173 e. The fraction of sp³-hybridized carbons (Fsp3) is 1.00. The maximum Gasteiger partial charge on any atom is 0.173 e. The van der Waals surface area contributed by atoms with E-state index in [0.29, 0.717) is 13.2 Å². The van der Waals surface area contributed by atoms with E-state index < -0.39 is 16.6 Å². The SMILES string of the molecule is CCC(COC)(COC)OCCC[Si](C)(C)O[Si](C)(C)C. The van der Waals surface area contributed by atoms with E-state index in [1.807, 2.05) is 0 Å². The number of methoxy groups -OCH3 is 2. The van der Waals surface area contributed by atoms with Crippen LogP contribution in [0, 0.1) is 0 Å². The predicted octanol–water partition coefficient (Wildman–Crippen LogP) is 3.89. The summed E-state index contributed by atoms with van der Waals surface area (Å²) in [5.74, 6) is 0. The van der Waals surface area contributed by atoms with Gasteiger partial charge in [0.25, 0.3) is 0 Å². The normalized spacial score (nSPS) is 13.7. The van der Waals surface area contributed by atoms with Gasteiger partial charge in [0.1, 0.15) is 5.60 Å². The number of rotatable bonds is 12. The molecule has 0 aliphatic rings. The highest BCUT2D eigenvalue weighted by atomic mass is 28.4. The van der Waals surface area contributed by atoms with E-state index in [-0.39, 0.29) is 5.60 Å². The van der Waals surface area contributed by atoms with Gasteiger partial charge in [0.2, 0.25) is 0 Å². The second kappa shape index (κ2) is 9.42. The van der Waals surface area contributed by atoms with Crippen LogP contribution in [-0.2, 0) is 18.3 Å². The van der Waals surface area contributed by atoms with Gasteiger partial charge in [-0.25, -0.2) is 0 Å². The first-order chi connectivity index (χ1) is 9.60. The van der Waals surface area contributed by atoms with Gasteiger partial charge in [0, 0.05) is 20.8 Å². The molecule has 0 aromatic rings. The topological polar surface area (TPSA) is 36.9 Å². The summed E-state index contributed by atoms with van der Waals surface area (Å²) in [5.41, 5.74) is -0.311. The van der Waals surface area contributed by atoms with Crippen LogP contribution in [0.4, 0.5) is 0 Å². The van der Waals surface area contributed by atoms with Crippen LogP contribution in [0.25, 0.3) is 0 Å². The van der Waals surface area contributed by atoms with Crippen molar-refractivity contribution >= 4 is 16.6 Å². The maximum absolute atomic E-state index is 6.35. The van der Waals surface area contributed by atoms with Gasteiger partial charge < -0.3 is 18.3 Å². The van der Waals surface area contributed by atoms with Crippen LogP contribution in [0.2, 0.25) is 38.8 Å². The zero-order valence-corrected chi connectivity index (χ0v) is 17.4. The first kappa shape index (κ1) is 21.3. The Morgan fingerprint density at radius 2 is 1.43 bits per heavy atom. The number of hydrogen-bond acceptors (Lipinski definition) is 4. The van der Waals surface area contributed by atoms with E-state index >= 15 is 0 Å². The molecule has 0 fully saturated rings. The second-order valence-electron chi connectivity index (χ2n) is 7.33. The van der Waals surface area contributed by atoms with Gasteiger partial charge in [-0.15, -0.1) is 0 Å². The van der Waals surface area contributed by atoms with Gasteiger partial charge in [0.05, 0.1) is 13.2 Å². The maximum atomic E-state index is 6.35. The summed E-state index contributed by atoms with van der Waals surface area (Å²) in [7, 11) is 0.415. The standard InChI is InChI=1S/C15H36O4Si2/c1-9-15(13-16-2,14-17-3)18-11-10-12-21(7,8)19-20(4,5)6/h9-14H2,1-8H3. The van der Waals surface area contributed by atoms with Crippen LogP contribution in [0.1, 0.15) is 19.8 Å². The van der Waals surface area contributed by atoms with E-state index in [1.54, 1.807) is 14.2 Å². The summed E-state index contributed by atoms with van der Waals surface area (Å²) < 4.78 is 23.1. The molecule has 0 heterocycles. The summed E-state index contributed by atoms with van der Waals surface area (Å²) in [5, 5.41) is 0. The molecule has 0 unspecified atom stereocenters. The third-order valence-corrected chi connectivity index (χ3v) is 9.59. The first-order valence-corrected chi connectivity index (χ1v) is 14.4. The third kappa shape index (κ3) is 9.81. The summed E-state index contributed by atoms with van der Waals surface area (Å²) in [6.07, 6.45) is 1.93. The van der Waals surface area contributed by atoms with Gasteiger partial charge >= 0.3 is 0 Å². The molecule has 0 spiro atoms. The van der Waals surface area contributed by atoms with Crippen LogP contribution in [0.5, 0.6) is 0 Å². The highest BCUT2D eigenvalue weighted by Crippen LogP contribution is 2.22. The van der Waals surface area contributed by atoms with Gasteiger partial charge in [-0.2, -0.15) is 0 Å². The molecule has 4 nitrogen and oxygen atoms in total. The molecular weight excluding hydrogens is 300 g/mol. The molecule has 0 bridgehead atoms. The van der Waals surface area contributed by atoms with Crippen molar-refractivity contribution in [2.75, 3.05) is 34.0 Å². The third-order valence-electron chi connectivity index (χ3n) is 3.37. The Balaban J connectivity index is 4.26. The zero-order valence-electron chi connectivity index (χ0n) is 15.4. The second-order valence-corrected chi connectivity index (χ2v) is 16.4. The van der Waals surface area contributed by atoms with E-state index in [9.17, 15) is 0 Å². The fourth-order valence-corrected chi connectivity index (χ4v) is 10.7. The highest BCUT2D eigenvalue weighted by Gasteiger charge is 2.31. The summed E-state index contributed by atoms with van der Waals surface area (Å²) >= 11 is 0. The average Bonchev–Trinajstić information content (AvgIpc) is 2.32. The predicted molar refractivity (Wildman–Crippen MR) is 94.1 cm³/mol. The van der Waals surface area contributed by atoms with E-state index in [2.05, 4.69) is 39.7 Å². The average molecular weight is 337 g/mol. The van der Waals surface area contributed by atoms with Gasteiger partial charge in [-0.05, 0) is 51.6 Å². The Hall–Kier alpha value is 0.274. The monoisotopic (exact) mass is 336 g/mol. The molecule has 6 heteroatoms. The lowest BCUT2D eigenvalue weighted by Crippen LogP contribution is -2.43. The molecular formula is C15H36O4Si2. The van der Waals surface area contributed by atoms with Crippen LogP contribution in [-0.4, -0.2) is 56.3 Å². The van der Waals surface area contributed by atoms with Gasteiger partial charge in [-0.1, -0.05) is 6.92 Å². The summed E-state index contributed by atoms with van der Waals surface area (Å²) in [6.45, 7) is 15.4. The lowest BCUT2D eigenvalue weighted by molar-refractivity contribution is -0.125. The van der Waals surface area contributed by atoms with Crippen molar-refractivity contribution < 1.29 is 18.3 Å². The van der Waals surface area contributed by atoms with Crippen molar-refractivity contribution in [2.45, 2.75) is 64.1 Å². The largest absolute Gasteiger partial charge is 0.456 e. The van der Waals surface area contributed by atoms with Crippen molar-refractivity contribution in [3.8, 4) is 0 Å². The number of ether oxygens (including phenoxy) is 3. The molecule has 0 saturated carbocycles. The molecule has 0 aliphatic carbocycles. The minimum atomic E-state index is -1.56. The Labute approximate surface area is 133 Å². The van der Waals surface area contributed by atoms with E-state index in [1.165, 1.54) is 0 Å². The van der Waals surface area contributed by atoms with Crippen LogP contribution >= 0.6 is 0 Å². The Morgan fingerprint density at radius 3 is 1.81 bits per heavy atom. The summed E-state index contributed by atoms with van der Waals surface area (Å²) in [6, 6.07) is 1.14. The Morgan fingerprint density at radius 1 is 0.905 bits per heavy atom. The molecule has 0 N–H and O–H groups in total. The lowest BCUT2D eigenvalue weighted by atomic mass is 10.0. The zero-order chi connectivity index (χ0) is 16.6. The number of hydrogen-bond donors (Lipinski definition) is 0. The fourth-order valence-electron chi connectivity index (χ4n) is 2.62. The molecule has 0 aromatic carbocycles. The van der Waals surface area contributed by atoms with E-state index in [0.717, 1.165) is 25.5 Å². The molecule has 128 valence electrons. The van der Waals surface area contributed by atoms with E-state index in [4.69, 9.17) is 18.3 Å². The molecule has 0 saturated heterocycles. The van der Waals surface area contributed by atoms with Gasteiger partial charge in [0.15, 0.2) is 16.6 Å². The van der Waals surface area contributed by atoms with Crippen molar-refractivity contribution in [2.24, 2.45) is 0 Å². The molecule has 0 atom stereocenters. The van der Waals surface area contributed by atoms with Crippen molar-refractivity contribution in [1.82, 2.24) is 0 Å².